The van der Waals surface area contributed by atoms with Crippen molar-refractivity contribution in [2.75, 3.05) is 0 Å². The van der Waals surface area contributed by atoms with Crippen LogP contribution < -0.4 is 4.74 Å². The van der Waals surface area contributed by atoms with E-state index in [1.165, 1.54) is 12.1 Å². The zero-order valence-electron chi connectivity index (χ0n) is 8.91. The Morgan fingerprint density at radius 1 is 1.00 bits per heavy atom. The minimum Gasteiger partial charge on any atom is -0.438 e. The lowest BCUT2D eigenvalue weighted by Crippen LogP contribution is -2.07. The minimum absolute atomic E-state index is 0.100. The first-order chi connectivity index (χ1) is 8.47. The number of hydrogen-bond donors (Lipinski definition) is 0. The van der Waals surface area contributed by atoms with Gasteiger partial charge in [0.2, 0.25) is 5.88 Å². The minimum atomic E-state index is -4.48. The lowest BCUT2D eigenvalue weighted by Gasteiger charge is -2.09. The number of ether oxygens (including phenoxy) is 1. The van der Waals surface area contributed by atoms with Gasteiger partial charge >= 0.3 is 6.18 Å². The van der Waals surface area contributed by atoms with Crippen LogP contribution in [0.1, 0.15) is 5.69 Å². The molecule has 1 aromatic heterocycles. The molecule has 0 atom stereocenters. The van der Waals surface area contributed by atoms with Crippen molar-refractivity contribution in [3.8, 4) is 11.6 Å². The third-order valence-corrected chi connectivity index (χ3v) is 2.72. The van der Waals surface area contributed by atoms with Crippen LogP contribution >= 0.6 is 15.9 Å². The van der Waals surface area contributed by atoms with Gasteiger partial charge in [-0.1, -0.05) is 18.2 Å². The molecular weight excluding hydrogens is 311 g/mol. The lowest BCUT2D eigenvalue weighted by molar-refractivity contribution is -0.141. The van der Waals surface area contributed by atoms with Crippen molar-refractivity contribution >= 4 is 15.9 Å². The predicted octanol–water partition coefficient (Wildman–Crippen LogP) is 4.66. The van der Waals surface area contributed by atoms with Crippen molar-refractivity contribution in [1.82, 2.24) is 4.98 Å². The van der Waals surface area contributed by atoms with E-state index in [-0.39, 0.29) is 5.88 Å². The summed E-state index contributed by atoms with van der Waals surface area (Å²) in [5, 5.41) is 0. The van der Waals surface area contributed by atoms with Crippen molar-refractivity contribution in [3.63, 3.8) is 0 Å². The summed E-state index contributed by atoms with van der Waals surface area (Å²) in [5.41, 5.74) is -0.980. The molecule has 0 amide bonds. The number of rotatable bonds is 2. The number of nitrogens with zero attached hydrogens (tertiary/aromatic N) is 1. The highest BCUT2D eigenvalue weighted by Crippen LogP contribution is 2.31. The summed E-state index contributed by atoms with van der Waals surface area (Å²) in [6, 6.07) is 10.4. The molecule has 0 radical (unpaired) electrons. The summed E-state index contributed by atoms with van der Waals surface area (Å²) in [6.45, 7) is 0. The molecule has 0 bridgehead atoms. The zero-order chi connectivity index (χ0) is 13.2. The molecular formula is C12H7BrF3NO. The lowest BCUT2D eigenvalue weighted by atomic mass is 10.3. The number of benzene rings is 1. The van der Waals surface area contributed by atoms with Crippen LogP contribution in [0.4, 0.5) is 13.2 Å². The summed E-state index contributed by atoms with van der Waals surface area (Å²) < 4.78 is 43.3. The fraction of sp³-hybridized carbons (Fsp3) is 0.0833. The molecule has 0 aliphatic rings. The molecule has 94 valence electrons. The van der Waals surface area contributed by atoms with Gasteiger partial charge in [-0.3, -0.25) is 0 Å². The molecule has 0 fully saturated rings. The van der Waals surface area contributed by atoms with Crippen LogP contribution in [0.15, 0.2) is 46.9 Å². The van der Waals surface area contributed by atoms with Crippen LogP contribution in [0.2, 0.25) is 0 Å². The number of alkyl halides is 3. The van der Waals surface area contributed by atoms with Gasteiger partial charge in [-0.05, 0) is 34.1 Å². The fourth-order valence-electron chi connectivity index (χ4n) is 1.27. The third-order valence-electron chi connectivity index (χ3n) is 2.07. The Labute approximate surface area is 110 Å². The summed E-state index contributed by atoms with van der Waals surface area (Å²) in [5.74, 6) is 0.307. The Kier molecular flexibility index (Phi) is 3.56. The molecule has 0 N–H and O–H groups in total. The van der Waals surface area contributed by atoms with Gasteiger partial charge in [0.25, 0.3) is 0 Å². The first-order valence-electron chi connectivity index (χ1n) is 4.93. The summed E-state index contributed by atoms with van der Waals surface area (Å²) in [4.78, 5) is 3.41. The van der Waals surface area contributed by atoms with Crippen molar-refractivity contribution in [2.24, 2.45) is 0 Å². The Hall–Kier alpha value is -1.56. The summed E-state index contributed by atoms with van der Waals surface area (Å²) >= 11 is 3.24. The van der Waals surface area contributed by atoms with E-state index in [9.17, 15) is 13.2 Å². The molecule has 0 aliphatic carbocycles. The topological polar surface area (TPSA) is 22.1 Å². The van der Waals surface area contributed by atoms with Gasteiger partial charge in [-0.2, -0.15) is 13.2 Å². The average Bonchev–Trinajstić information content (AvgIpc) is 2.31. The van der Waals surface area contributed by atoms with Crippen LogP contribution in [0.5, 0.6) is 11.6 Å². The standard InChI is InChI=1S/C12H7BrF3NO/c13-8-4-1-2-5-9(8)18-11-7-3-6-10(17-11)12(14,15)16/h1-7H. The van der Waals surface area contributed by atoms with Crippen molar-refractivity contribution < 1.29 is 17.9 Å². The van der Waals surface area contributed by atoms with E-state index < -0.39 is 11.9 Å². The van der Waals surface area contributed by atoms with E-state index in [0.29, 0.717) is 10.2 Å². The van der Waals surface area contributed by atoms with Gasteiger partial charge in [0, 0.05) is 6.07 Å². The van der Waals surface area contributed by atoms with E-state index in [0.717, 1.165) is 6.07 Å². The van der Waals surface area contributed by atoms with Crippen LogP contribution in [0, 0.1) is 0 Å². The molecule has 1 aromatic carbocycles. The average molecular weight is 318 g/mol. The zero-order valence-corrected chi connectivity index (χ0v) is 10.5. The van der Waals surface area contributed by atoms with Gasteiger partial charge in [0.15, 0.2) is 0 Å². The van der Waals surface area contributed by atoms with Crippen LogP contribution in [-0.2, 0) is 6.18 Å². The maximum absolute atomic E-state index is 12.5. The second-order valence-electron chi connectivity index (χ2n) is 3.39. The Balaban J connectivity index is 2.28. The molecule has 1 heterocycles. The molecule has 2 aromatic rings. The predicted molar refractivity (Wildman–Crippen MR) is 63.5 cm³/mol. The number of para-hydroxylation sites is 1. The number of halogens is 4. The molecule has 2 nitrogen and oxygen atoms in total. The van der Waals surface area contributed by atoms with Gasteiger partial charge in [-0.15, -0.1) is 0 Å². The highest BCUT2D eigenvalue weighted by molar-refractivity contribution is 9.10. The van der Waals surface area contributed by atoms with E-state index in [1.54, 1.807) is 24.3 Å². The van der Waals surface area contributed by atoms with Gasteiger partial charge in [0.05, 0.1) is 4.47 Å². The fourth-order valence-corrected chi connectivity index (χ4v) is 1.64. The third kappa shape index (κ3) is 3.01. The monoisotopic (exact) mass is 317 g/mol. The van der Waals surface area contributed by atoms with Gasteiger partial charge < -0.3 is 4.74 Å². The molecule has 6 heteroatoms. The quantitative estimate of drug-likeness (QED) is 0.804. The summed E-state index contributed by atoms with van der Waals surface area (Å²) in [6.07, 6.45) is -4.48. The Morgan fingerprint density at radius 3 is 2.39 bits per heavy atom. The number of hydrogen-bond acceptors (Lipinski definition) is 2. The SMILES string of the molecule is FC(F)(F)c1cccc(Oc2ccccc2Br)n1. The molecule has 18 heavy (non-hydrogen) atoms. The molecule has 0 unspecified atom stereocenters. The van der Waals surface area contributed by atoms with E-state index in [1.807, 2.05) is 0 Å². The van der Waals surface area contributed by atoms with E-state index >= 15 is 0 Å². The van der Waals surface area contributed by atoms with Crippen LogP contribution in [-0.4, -0.2) is 4.98 Å². The maximum atomic E-state index is 12.5. The molecule has 0 saturated carbocycles. The smallest absolute Gasteiger partial charge is 0.433 e. The van der Waals surface area contributed by atoms with Gasteiger partial charge in [-0.25, -0.2) is 4.98 Å². The van der Waals surface area contributed by atoms with E-state index in [4.69, 9.17) is 4.74 Å². The van der Waals surface area contributed by atoms with Gasteiger partial charge in [0.1, 0.15) is 11.4 Å². The summed E-state index contributed by atoms with van der Waals surface area (Å²) in [7, 11) is 0. The first-order valence-corrected chi connectivity index (χ1v) is 5.73. The van der Waals surface area contributed by atoms with Crippen molar-refractivity contribution in [3.05, 3.63) is 52.6 Å². The number of pyridine rings is 1. The largest absolute Gasteiger partial charge is 0.438 e. The Morgan fingerprint density at radius 2 is 1.72 bits per heavy atom. The second kappa shape index (κ2) is 4.97. The molecule has 0 saturated heterocycles. The number of aromatic nitrogens is 1. The molecule has 2 rings (SSSR count). The van der Waals surface area contributed by atoms with Crippen LogP contribution in [0.3, 0.4) is 0 Å². The molecule has 0 spiro atoms. The van der Waals surface area contributed by atoms with E-state index in [2.05, 4.69) is 20.9 Å². The van der Waals surface area contributed by atoms with Crippen molar-refractivity contribution in [1.29, 1.82) is 0 Å². The maximum Gasteiger partial charge on any atom is 0.433 e. The Bertz CT molecular complexity index is 557. The van der Waals surface area contributed by atoms with Crippen LogP contribution in [0.25, 0.3) is 0 Å². The highest BCUT2D eigenvalue weighted by Gasteiger charge is 2.32. The molecule has 0 aliphatic heterocycles. The normalized spacial score (nSPS) is 11.3. The second-order valence-corrected chi connectivity index (χ2v) is 4.25. The van der Waals surface area contributed by atoms with Crippen molar-refractivity contribution in [2.45, 2.75) is 6.18 Å². The highest BCUT2D eigenvalue weighted by atomic mass is 79.9. The first kappa shape index (κ1) is 12.9.